The average molecular weight is 372 g/mol. The first-order chi connectivity index (χ1) is 13.6. The molecule has 1 aliphatic heterocycles. The molecule has 1 fully saturated rings. The van der Waals surface area contributed by atoms with Crippen LogP contribution in [0.25, 0.3) is 10.9 Å². The van der Waals surface area contributed by atoms with Crippen molar-refractivity contribution in [2.45, 2.75) is 26.1 Å². The van der Waals surface area contributed by atoms with E-state index in [1.54, 1.807) is 6.20 Å². The minimum Gasteiger partial charge on any atom is -0.382 e. The molecule has 5 heteroatoms. The summed E-state index contributed by atoms with van der Waals surface area (Å²) in [5.41, 5.74) is 4.83. The van der Waals surface area contributed by atoms with Gasteiger partial charge in [-0.2, -0.15) is 5.26 Å². The van der Waals surface area contributed by atoms with E-state index in [2.05, 4.69) is 59.4 Å². The van der Waals surface area contributed by atoms with Gasteiger partial charge in [0, 0.05) is 42.6 Å². The summed E-state index contributed by atoms with van der Waals surface area (Å²) in [7, 11) is 0. The molecule has 1 N–H and O–H groups in total. The molecule has 1 aliphatic rings. The van der Waals surface area contributed by atoms with Crippen LogP contribution >= 0.6 is 0 Å². The van der Waals surface area contributed by atoms with Gasteiger partial charge in [0.2, 0.25) is 0 Å². The Morgan fingerprint density at radius 3 is 2.79 bits per heavy atom. The van der Waals surface area contributed by atoms with Crippen molar-refractivity contribution in [2.24, 2.45) is 0 Å². The number of ether oxygens (including phenoxy) is 1. The minimum absolute atomic E-state index is 0.0763. The number of aryl methyl sites for hydroxylation is 1. The summed E-state index contributed by atoms with van der Waals surface area (Å²) < 4.78 is 6.17. The van der Waals surface area contributed by atoms with Gasteiger partial charge in [0.15, 0.2) is 0 Å². The Bertz CT molecular complexity index is 1010. The van der Waals surface area contributed by atoms with E-state index in [0.717, 1.165) is 41.9 Å². The third kappa shape index (κ3) is 3.78. The summed E-state index contributed by atoms with van der Waals surface area (Å²) >= 11 is 0. The summed E-state index contributed by atoms with van der Waals surface area (Å²) in [5, 5.41) is 13.9. The summed E-state index contributed by atoms with van der Waals surface area (Å²) in [6.07, 6.45) is 1.94. The molecule has 0 spiro atoms. The normalized spacial score (nSPS) is 19.4. The second kappa shape index (κ2) is 7.87. The van der Waals surface area contributed by atoms with Crippen molar-refractivity contribution >= 4 is 22.3 Å². The number of fused-ring (bicyclic) bond motifs is 1. The van der Waals surface area contributed by atoms with E-state index in [-0.39, 0.29) is 12.2 Å². The Morgan fingerprint density at radius 1 is 1.18 bits per heavy atom. The van der Waals surface area contributed by atoms with Crippen LogP contribution < -0.4 is 10.2 Å². The highest BCUT2D eigenvalue weighted by molar-refractivity contribution is 5.95. The van der Waals surface area contributed by atoms with Gasteiger partial charge in [-0.05, 0) is 50.2 Å². The van der Waals surface area contributed by atoms with Crippen LogP contribution in [0, 0.1) is 18.3 Å². The largest absolute Gasteiger partial charge is 0.382 e. The first-order valence-corrected chi connectivity index (χ1v) is 9.63. The fourth-order valence-electron chi connectivity index (χ4n) is 3.78. The predicted molar refractivity (Wildman–Crippen MR) is 113 cm³/mol. The number of rotatable bonds is 4. The van der Waals surface area contributed by atoms with Crippen LogP contribution in [0.2, 0.25) is 0 Å². The first kappa shape index (κ1) is 18.3. The Hall–Kier alpha value is -3.10. The van der Waals surface area contributed by atoms with Gasteiger partial charge in [-0.25, -0.2) is 0 Å². The molecule has 1 saturated heterocycles. The number of nitriles is 1. The third-order valence-electron chi connectivity index (χ3n) is 5.12. The SMILES string of the molecule is Cc1ccc(NC[C@H]2CN(c3ccc(C#N)c4ncccc34)C[C@@H](C)O2)cc1. The fourth-order valence-corrected chi connectivity index (χ4v) is 3.78. The molecule has 5 nitrogen and oxygen atoms in total. The molecule has 28 heavy (non-hydrogen) atoms. The lowest BCUT2D eigenvalue weighted by molar-refractivity contribution is -0.00820. The predicted octanol–water partition coefficient (Wildman–Crippen LogP) is 4.12. The maximum Gasteiger partial charge on any atom is 0.101 e. The molecular weight excluding hydrogens is 348 g/mol. The second-order valence-electron chi connectivity index (χ2n) is 7.36. The Morgan fingerprint density at radius 2 is 2.00 bits per heavy atom. The number of pyridine rings is 1. The topological polar surface area (TPSA) is 61.2 Å². The van der Waals surface area contributed by atoms with E-state index in [0.29, 0.717) is 5.56 Å². The Kier molecular flexibility index (Phi) is 5.14. The standard InChI is InChI=1S/C23H24N4O/c1-16-5-8-19(9-6-16)26-13-20-15-27(14-17(2)28-20)22-10-7-18(12-24)23-21(22)4-3-11-25-23/h3-11,17,20,26H,13-15H2,1-2H3/t17-,20+/m1/s1. The molecule has 4 rings (SSSR count). The van der Waals surface area contributed by atoms with Crippen molar-refractivity contribution in [3.8, 4) is 6.07 Å². The van der Waals surface area contributed by atoms with E-state index in [9.17, 15) is 5.26 Å². The highest BCUT2D eigenvalue weighted by atomic mass is 16.5. The van der Waals surface area contributed by atoms with Gasteiger partial charge >= 0.3 is 0 Å². The number of hydrogen-bond donors (Lipinski definition) is 1. The van der Waals surface area contributed by atoms with Crippen molar-refractivity contribution < 1.29 is 4.74 Å². The molecule has 2 aromatic carbocycles. The molecule has 1 aromatic heterocycles. The van der Waals surface area contributed by atoms with E-state index in [1.165, 1.54) is 5.56 Å². The quantitative estimate of drug-likeness (QED) is 0.746. The molecule has 0 aliphatic carbocycles. The number of benzene rings is 2. The first-order valence-electron chi connectivity index (χ1n) is 9.63. The zero-order chi connectivity index (χ0) is 19.5. The lowest BCUT2D eigenvalue weighted by Gasteiger charge is -2.39. The minimum atomic E-state index is 0.0763. The van der Waals surface area contributed by atoms with Gasteiger partial charge < -0.3 is 15.0 Å². The van der Waals surface area contributed by atoms with E-state index < -0.39 is 0 Å². The molecule has 2 atom stereocenters. The van der Waals surface area contributed by atoms with Crippen LogP contribution in [-0.4, -0.2) is 36.8 Å². The van der Waals surface area contributed by atoms with Gasteiger partial charge in [0.05, 0.1) is 23.3 Å². The molecule has 3 aromatic rings. The lowest BCUT2D eigenvalue weighted by Crippen LogP contribution is -2.49. The third-order valence-corrected chi connectivity index (χ3v) is 5.12. The molecule has 0 radical (unpaired) electrons. The number of anilines is 2. The van der Waals surface area contributed by atoms with Gasteiger partial charge in [-0.15, -0.1) is 0 Å². The van der Waals surface area contributed by atoms with Crippen molar-refractivity contribution in [2.75, 3.05) is 29.9 Å². The van der Waals surface area contributed by atoms with Crippen LogP contribution in [0.3, 0.4) is 0 Å². The zero-order valence-electron chi connectivity index (χ0n) is 16.2. The molecule has 0 saturated carbocycles. The number of morpholine rings is 1. The maximum absolute atomic E-state index is 9.38. The summed E-state index contributed by atoms with van der Waals surface area (Å²) in [6, 6.07) is 18.5. The van der Waals surface area contributed by atoms with Crippen molar-refractivity contribution in [3.63, 3.8) is 0 Å². The van der Waals surface area contributed by atoms with Crippen molar-refractivity contribution in [1.82, 2.24) is 4.98 Å². The Labute approximate surface area is 165 Å². The monoisotopic (exact) mass is 372 g/mol. The van der Waals surface area contributed by atoms with Crippen LogP contribution in [0.5, 0.6) is 0 Å². The van der Waals surface area contributed by atoms with Gasteiger partial charge in [0.1, 0.15) is 6.07 Å². The van der Waals surface area contributed by atoms with E-state index in [1.807, 2.05) is 24.3 Å². The van der Waals surface area contributed by atoms with E-state index in [4.69, 9.17) is 4.74 Å². The average Bonchev–Trinajstić information content (AvgIpc) is 2.72. The number of nitrogens with zero attached hydrogens (tertiary/aromatic N) is 3. The fraction of sp³-hybridized carbons (Fsp3) is 0.304. The van der Waals surface area contributed by atoms with Crippen LogP contribution in [0.15, 0.2) is 54.7 Å². The maximum atomic E-state index is 9.38. The number of aromatic nitrogens is 1. The van der Waals surface area contributed by atoms with Gasteiger partial charge in [-0.3, -0.25) is 4.98 Å². The molecule has 0 unspecified atom stereocenters. The molecule has 142 valence electrons. The van der Waals surface area contributed by atoms with Gasteiger partial charge in [-0.1, -0.05) is 17.7 Å². The molecular formula is C23H24N4O. The summed E-state index contributed by atoms with van der Waals surface area (Å²) in [6.45, 7) is 6.55. The second-order valence-corrected chi connectivity index (χ2v) is 7.36. The molecule has 0 bridgehead atoms. The van der Waals surface area contributed by atoms with Crippen LogP contribution in [-0.2, 0) is 4.74 Å². The van der Waals surface area contributed by atoms with E-state index >= 15 is 0 Å². The van der Waals surface area contributed by atoms with Crippen LogP contribution in [0.4, 0.5) is 11.4 Å². The Balaban J connectivity index is 1.54. The summed E-state index contributed by atoms with van der Waals surface area (Å²) in [5.74, 6) is 0. The van der Waals surface area contributed by atoms with Crippen LogP contribution in [0.1, 0.15) is 18.1 Å². The molecule has 0 amide bonds. The molecule has 2 heterocycles. The number of nitrogens with one attached hydrogen (secondary N) is 1. The lowest BCUT2D eigenvalue weighted by atomic mass is 10.1. The summed E-state index contributed by atoms with van der Waals surface area (Å²) in [4.78, 5) is 6.78. The highest BCUT2D eigenvalue weighted by Crippen LogP contribution is 2.30. The van der Waals surface area contributed by atoms with Crippen molar-refractivity contribution in [3.05, 3.63) is 65.9 Å². The highest BCUT2D eigenvalue weighted by Gasteiger charge is 2.26. The number of hydrogen-bond acceptors (Lipinski definition) is 5. The zero-order valence-corrected chi connectivity index (χ0v) is 16.2. The van der Waals surface area contributed by atoms with Gasteiger partial charge in [0.25, 0.3) is 0 Å². The van der Waals surface area contributed by atoms with Crippen molar-refractivity contribution in [1.29, 1.82) is 5.26 Å². The smallest absolute Gasteiger partial charge is 0.101 e.